The van der Waals surface area contributed by atoms with E-state index < -0.39 is 0 Å². The minimum atomic E-state index is 0.541. The van der Waals surface area contributed by atoms with Gasteiger partial charge in [0, 0.05) is 40.5 Å². The average Bonchev–Trinajstić information content (AvgIpc) is 2.62. The van der Waals surface area contributed by atoms with Crippen LogP contribution in [0.1, 0.15) is 0 Å². The van der Waals surface area contributed by atoms with Crippen LogP contribution >= 0.6 is 15.9 Å². The Hall–Kier alpha value is -2.93. The van der Waals surface area contributed by atoms with Crippen LogP contribution in [0.3, 0.4) is 0 Å². The molecule has 0 unspecified atom stereocenters. The summed E-state index contributed by atoms with van der Waals surface area (Å²) in [7, 11) is 0. The van der Waals surface area contributed by atoms with Crippen molar-refractivity contribution in [1.29, 1.82) is 0 Å². The molecule has 0 aliphatic heterocycles. The fourth-order valence-corrected chi connectivity index (χ4v) is 2.68. The van der Waals surface area contributed by atoms with Gasteiger partial charge in [0.1, 0.15) is 0 Å². The summed E-state index contributed by atoms with van der Waals surface area (Å²) < 4.78 is 0.964. The van der Waals surface area contributed by atoms with Gasteiger partial charge in [0.25, 0.3) is 0 Å². The predicted octanol–water partition coefficient (Wildman–Crippen LogP) is 3.99. The minimum Gasteiger partial charge on any atom is -0.338 e. The topological polar surface area (TPSA) is 76.5 Å². The number of pyridine rings is 1. The molecule has 0 saturated carbocycles. The SMILES string of the molecule is Brc1cccc(-c2nc(Nc3ccncc3)c3nccnc3n2)c1. The Bertz CT molecular complexity index is 1010. The zero-order valence-electron chi connectivity index (χ0n) is 12.4. The van der Waals surface area contributed by atoms with Crippen LogP contribution in [0.15, 0.2) is 65.7 Å². The molecule has 6 nitrogen and oxygen atoms in total. The molecule has 116 valence electrons. The van der Waals surface area contributed by atoms with Crippen LogP contribution in [0, 0.1) is 0 Å². The van der Waals surface area contributed by atoms with Crippen molar-refractivity contribution in [1.82, 2.24) is 24.9 Å². The van der Waals surface area contributed by atoms with E-state index in [1.54, 1.807) is 24.8 Å². The molecule has 0 aliphatic carbocycles. The standard InChI is InChI=1S/C17H11BrN6/c18-12-3-1-2-11(10-12)15-23-16-14(20-8-9-21-16)17(24-15)22-13-4-6-19-7-5-13/h1-10H,(H,19,21,22,23,24). The second kappa shape index (κ2) is 6.29. The molecule has 1 aromatic carbocycles. The number of fused-ring (bicyclic) bond motifs is 1. The Morgan fingerprint density at radius 2 is 1.71 bits per heavy atom. The maximum Gasteiger partial charge on any atom is 0.184 e. The number of aromatic nitrogens is 5. The Morgan fingerprint density at radius 3 is 2.54 bits per heavy atom. The number of nitrogens with zero attached hydrogens (tertiary/aromatic N) is 5. The summed E-state index contributed by atoms with van der Waals surface area (Å²) in [5, 5.41) is 3.27. The molecule has 0 aliphatic rings. The van der Waals surface area contributed by atoms with Crippen molar-refractivity contribution in [3.8, 4) is 11.4 Å². The van der Waals surface area contributed by atoms with Crippen molar-refractivity contribution < 1.29 is 0 Å². The van der Waals surface area contributed by atoms with Gasteiger partial charge in [-0.15, -0.1) is 0 Å². The van der Waals surface area contributed by atoms with E-state index in [4.69, 9.17) is 0 Å². The molecule has 24 heavy (non-hydrogen) atoms. The third-order valence-electron chi connectivity index (χ3n) is 3.36. The third kappa shape index (κ3) is 2.93. The van der Waals surface area contributed by atoms with Crippen LogP contribution in [0.25, 0.3) is 22.6 Å². The van der Waals surface area contributed by atoms with Gasteiger partial charge in [-0.1, -0.05) is 28.1 Å². The number of rotatable bonds is 3. The highest BCUT2D eigenvalue weighted by Crippen LogP contribution is 2.26. The second-order valence-electron chi connectivity index (χ2n) is 5.00. The lowest BCUT2D eigenvalue weighted by molar-refractivity contribution is 1.15. The molecule has 0 saturated heterocycles. The lowest BCUT2D eigenvalue weighted by Crippen LogP contribution is -2.01. The monoisotopic (exact) mass is 378 g/mol. The molecule has 0 fully saturated rings. The molecular weight excluding hydrogens is 368 g/mol. The molecule has 0 spiro atoms. The summed E-state index contributed by atoms with van der Waals surface area (Å²) in [6.45, 7) is 0. The Balaban J connectivity index is 1.88. The maximum atomic E-state index is 4.64. The molecule has 4 aromatic rings. The highest BCUT2D eigenvalue weighted by Gasteiger charge is 2.12. The van der Waals surface area contributed by atoms with Gasteiger partial charge in [-0.2, -0.15) is 0 Å². The third-order valence-corrected chi connectivity index (χ3v) is 3.85. The Kier molecular flexibility index (Phi) is 3.84. The molecule has 0 bridgehead atoms. The number of anilines is 2. The van der Waals surface area contributed by atoms with Gasteiger partial charge in [0.05, 0.1) is 0 Å². The highest BCUT2D eigenvalue weighted by molar-refractivity contribution is 9.10. The minimum absolute atomic E-state index is 0.541. The van der Waals surface area contributed by atoms with Crippen LogP contribution in [0.4, 0.5) is 11.5 Å². The van der Waals surface area contributed by atoms with Crippen LogP contribution in [0.5, 0.6) is 0 Å². The van der Waals surface area contributed by atoms with E-state index in [1.807, 2.05) is 36.4 Å². The van der Waals surface area contributed by atoms with E-state index in [2.05, 4.69) is 46.2 Å². The number of hydrogen-bond acceptors (Lipinski definition) is 6. The van der Waals surface area contributed by atoms with Gasteiger partial charge in [-0.3, -0.25) is 4.98 Å². The van der Waals surface area contributed by atoms with E-state index in [0.29, 0.717) is 22.8 Å². The van der Waals surface area contributed by atoms with E-state index in [-0.39, 0.29) is 0 Å². The van der Waals surface area contributed by atoms with Crippen molar-refractivity contribution in [2.24, 2.45) is 0 Å². The number of hydrogen-bond donors (Lipinski definition) is 1. The first kappa shape index (κ1) is 14.6. The fraction of sp³-hybridized carbons (Fsp3) is 0. The first-order valence-electron chi connectivity index (χ1n) is 7.21. The fourth-order valence-electron chi connectivity index (χ4n) is 2.28. The summed E-state index contributed by atoms with van der Waals surface area (Å²) >= 11 is 3.48. The van der Waals surface area contributed by atoms with Crippen LogP contribution in [0.2, 0.25) is 0 Å². The maximum absolute atomic E-state index is 4.64. The molecule has 3 heterocycles. The largest absolute Gasteiger partial charge is 0.338 e. The van der Waals surface area contributed by atoms with E-state index in [1.165, 1.54) is 0 Å². The number of benzene rings is 1. The first-order chi connectivity index (χ1) is 11.8. The van der Waals surface area contributed by atoms with E-state index in [9.17, 15) is 0 Å². The molecule has 0 atom stereocenters. The molecule has 1 N–H and O–H groups in total. The van der Waals surface area contributed by atoms with Gasteiger partial charge in [-0.25, -0.2) is 19.9 Å². The summed E-state index contributed by atoms with van der Waals surface area (Å²) in [6.07, 6.45) is 6.68. The molecule has 0 amide bonds. The number of nitrogens with one attached hydrogen (secondary N) is 1. The summed E-state index contributed by atoms with van der Waals surface area (Å²) in [4.78, 5) is 21.9. The number of halogens is 1. The lowest BCUT2D eigenvalue weighted by Gasteiger charge is -2.09. The highest BCUT2D eigenvalue weighted by atomic mass is 79.9. The van der Waals surface area contributed by atoms with Crippen molar-refractivity contribution in [2.75, 3.05) is 5.32 Å². The van der Waals surface area contributed by atoms with Crippen molar-refractivity contribution in [3.05, 3.63) is 65.7 Å². The smallest absolute Gasteiger partial charge is 0.184 e. The lowest BCUT2D eigenvalue weighted by atomic mass is 10.2. The summed E-state index contributed by atoms with van der Waals surface area (Å²) in [6, 6.07) is 11.6. The van der Waals surface area contributed by atoms with Crippen LogP contribution in [-0.4, -0.2) is 24.9 Å². The van der Waals surface area contributed by atoms with Crippen molar-refractivity contribution >= 4 is 38.6 Å². The van der Waals surface area contributed by atoms with Crippen LogP contribution < -0.4 is 5.32 Å². The summed E-state index contributed by atoms with van der Waals surface area (Å²) in [5.74, 6) is 1.19. The molecular formula is C17H11BrN6. The zero-order chi connectivity index (χ0) is 16.4. The Labute approximate surface area is 146 Å². The molecule has 7 heteroatoms. The average molecular weight is 379 g/mol. The molecule has 0 radical (unpaired) electrons. The van der Waals surface area contributed by atoms with Crippen molar-refractivity contribution in [3.63, 3.8) is 0 Å². The normalized spacial score (nSPS) is 10.7. The van der Waals surface area contributed by atoms with E-state index in [0.717, 1.165) is 15.7 Å². The first-order valence-corrected chi connectivity index (χ1v) is 8.01. The van der Waals surface area contributed by atoms with Gasteiger partial charge >= 0.3 is 0 Å². The Morgan fingerprint density at radius 1 is 0.875 bits per heavy atom. The van der Waals surface area contributed by atoms with E-state index >= 15 is 0 Å². The van der Waals surface area contributed by atoms with Gasteiger partial charge < -0.3 is 5.32 Å². The predicted molar refractivity (Wildman–Crippen MR) is 95.8 cm³/mol. The van der Waals surface area contributed by atoms with Crippen LogP contribution in [-0.2, 0) is 0 Å². The molecule has 3 aromatic heterocycles. The summed E-state index contributed by atoms with van der Waals surface area (Å²) in [5.41, 5.74) is 2.93. The molecule has 4 rings (SSSR count). The quantitative estimate of drug-likeness (QED) is 0.580. The second-order valence-corrected chi connectivity index (χ2v) is 5.91. The van der Waals surface area contributed by atoms with Crippen molar-refractivity contribution in [2.45, 2.75) is 0 Å². The zero-order valence-corrected chi connectivity index (χ0v) is 14.0. The van der Waals surface area contributed by atoms with Gasteiger partial charge in [0.2, 0.25) is 0 Å². The van der Waals surface area contributed by atoms with Gasteiger partial charge in [0.15, 0.2) is 22.8 Å². The van der Waals surface area contributed by atoms with Gasteiger partial charge in [-0.05, 0) is 24.3 Å².